The van der Waals surface area contributed by atoms with Gasteiger partial charge in [0.15, 0.2) is 5.75 Å². The van der Waals surface area contributed by atoms with Gasteiger partial charge >= 0.3 is 0 Å². The van der Waals surface area contributed by atoms with Gasteiger partial charge in [-0.25, -0.2) is 4.39 Å². The highest BCUT2D eigenvalue weighted by molar-refractivity contribution is 6.30. The highest BCUT2D eigenvalue weighted by Crippen LogP contribution is 2.35. The first-order valence-electron chi connectivity index (χ1n) is 6.26. The molecule has 2 aromatic carbocycles. The van der Waals surface area contributed by atoms with Gasteiger partial charge in [-0.05, 0) is 30.7 Å². The Hall–Kier alpha value is -1.94. The Bertz CT molecular complexity index is 604. The third-order valence-electron chi connectivity index (χ3n) is 2.61. The number of anilines is 1. The van der Waals surface area contributed by atoms with E-state index < -0.39 is 5.82 Å². The van der Waals surface area contributed by atoms with E-state index in [2.05, 4.69) is 0 Å². The van der Waals surface area contributed by atoms with Crippen LogP contribution in [0.1, 0.15) is 13.3 Å². The molecule has 0 radical (unpaired) electrons. The fourth-order valence-corrected chi connectivity index (χ4v) is 1.74. The highest BCUT2D eigenvalue weighted by atomic mass is 35.5. The number of hydrogen-bond acceptors (Lipinski definition) is 3. The monoisotopic (exact) mass is 295 g/mol. The van der Waals surface area contributed by atoms with Crippen molar-refractivity contribution in [3.8, 4) is 17.2 Å². The Morgan fingerprint density at radius 2 is 1.95 bits per heavy atom. The first-order valence-corrected chi connectivity index (χ1v) is 6.63. The van der Waals surface area contributed by atoms with Crippen LogP contribution in [0.3, 0.4) is 0 Å². The first kappa shape index (κ1) is 14.5. The standard InChI is InChI=1S/C15H15ClFNO2/c1-2-8-19-13-4-3-5-14(15(13)18)20-10-6-7-11(16)12(17)9-10/h3-7,9H,2,8,18H2,1H3. The lowest BCUT2D eigenvalue weighted by atomic mass is 10.2. The third-order valence-corrected chi connectivity index (χ3v) is 2.91. The number of benzene rings is 2. The molecular weight excluding hydrogens is 281 g/mol. The van der Waals surface area contributed by atoms with Gasteiger partial charge in [0.25, 0.3) is 0 Å². The molecule has 0 aliphatic carbocycles. The minimum Gasteiger partial charge on any atom is -0.491 e. The lowest BCUT2D eigenvalue weighted by molar-refractivity contribution is 0.318. The molecule has 0 amide bonds. The van der Waals surface area contributed by atoms with E-state index in [0.29, 0.717) is 29.5 Å². The van der Waals surface area contributed by atoms with E-state index in [-0.39, 0.29) is 5.02 Å². The van der Waals surface area contributed by atoms with Crippen LogP contribution in [0.5, 0.6) is 17.2 Å². The fourth-order valence-electron chi connectivity index (χ4n) is 1.62. The lowest BCUT2D eigenvalue weighted by Crippen LogP contribution is -2.00. The number of ether oxygens (including phenoxy) is 2. The number of nitrogen functional groups attached to an aromatic ring is 1. The van der Waals surface area contributed by atoms with Crippen molar-refractivity contribution in [1.82, 2.24) is 0 Å². The molecule has 2 aromatic rings. The van der Waals surface area contributed by atoms with Crippen molar-refractivity contribution < 1.29 is 13.9 Å². The molecule has 0 aliphatic heterocycles. The summed E-state index contributed by atoms with van der Waals surface area (Å²) >= 11 is 5.62. The molecule has 5 heteroatoms. The van der Waals surface area contributed by atoms with Crippen molar-refractivity contribution in [3.63, 3.8) is 0 Å². The predicted octanol–water partition coefficient (Wildman–Crippen LogP) is 4.64. The Balaban J connectivity index is 2.22. The molecule has 106 valence electrons. The predicted molar refractivity (Wildman–Crippen MR) is 78.1 cm³/mol. The molecule has 0 aliphatic rings. The van der Waals surface area contributed by atoms with Gasteiger partial charge in [-0.2, -0.15) is 0 Å². The molecule has 0 unspecified atom stereocenters. The van der Waals surface area contributed by atoms with Crippen molar-refractivity contribution >= 4 is 17.3 Å². The average Bonchev–Trinajstić information content (AvgIpc) is 2.44. The summed E-state index contributed by atoms with van der Waals surface area (Å²) in [5, 5.41) is 0.0466. The summed E-state index contributed by atoms with van der Waals surface area (Å²) in [6.45, 7) is 2.58. The smallest absolute Gasteiger partial charge is 0.154 e. The van der Waals surface area contributed by atoms with Crippen molar-refractivity contribution in [1.29, 1.82) is 0 Å². The molecule has 2 N–H and O–H groups in total. The van der Waals surface area contributed by atoms with Crippen LogP contribution < -0.4 is 15.2 Å². The third kappa shape index (κ3) is 3.33. The number of rotatable bonds is 5. The number of halogens is 2. The van der Waals surface area contributed by atoms with Crippen LogP contribution in [0.25, 0.3) is 0 Å². The van der Waals surface area contributed by atoms with E-state index in [1.54, 1.807) is 24.3 Å². The van der Waals surface area contributed by atoms with Gasteiger partial charge in [0.05, 0.1) is 11.6 Å². The molecule has 0 saturated carbocycles. The van der Waals surface area contributed by atoms with E-state index in [0.717, 1.165) is 6.42 Å². The highest BCUT2D eigenvalue weighted by Gasteiger charge is 2.09. The van der Waals surface area contributed by atoms with Crippen molar-refractivity contribution in [3.05, 3.63) is 47.2 Å². The molecule has 2 rings (SSSR count). The molecule has 0 heterocycles. The van der Waals surface area contributed by atoms with Crippen LogP contribution in [0.15, 0.2) is 36.4 Å². The van der Waals surface area contributed by atoms with Crippen LogP contribution in [0.4, 0.5) is 10.1 Å². The maximum absolute atomic E-state index is 13.4. The molecule has 0 fully saturated rings. The van der Waals surface area contributed by atoms with Crippen molar-refractivity contribution in [2.75, 3.05) is 12.3 Å². The molecule has 0 spiro atoms. The van der Waals surface area contributed by atoms with Gasteiger partial charge in [-0.15, -0.1) is 0 Å². The Kier molecular flexibility index (Phi) is 4.69. The zero-order valence-corrected chi connectivity index (χ0v) is 11.8. The maximum atomic E-state index is 13.4. The Morgan fingerprint density at radius 3 is 2.65 bits per heavy atom. The van der Waals surface area contributed by atoms with Crippen molar-refractivity contribution in [2.45, 2.75) is 13.3 Å². The first-order chi connectivity index (χ1) is 9.61. The van der Waals surface area contributed by atoms with Crippen LogP contribution in [0, 0.1) is 5.82 Å². The average molecular weight is 296 g/mol. The summed E-state index contributed by atoms with van der Waals surface area (Å²) in [6.07, 6.45) is 0.882. The van der Waals surface area contributed by atoms with Crippen LogP contribution in [-0.2, 0) is 0 Å². The summed E-state index contributed by atoms with van der Waals surface area (Å²) in [7, 11) is 0. The Labute approximate surface area is 122 Å². The fraction of sp³-hybridized carbons (Fsp3) is 0.200. The second kappa shape index (κ2) is 6.48. The number of para-hydroxylation sites is 1. The second-order valence-electron chi connectivity index (χ2n) is 4.19. The number of nitrogens with two attached hydrogens (primary N) is 1. The van der Waals surface area contributed by atoms with E-state index in [9.17, 15) is 4.39 Å². The topological polar surface area (TPSA) is 44.5 Å². The van der Waals surface area contributed by atoms with E-state index in [1.165, 1.54) is 12.1 Å². The molecule has 0 aromatic heterocycles. The molecule has 3 nitrogen and oxygen atoms in total. The van der Waals surface area contributed by atoms with Crippen molar-refractivity contribution in [2.24, 2.45) is 0 Å². The minimum atomic E-state index is -0.541. The van der Waals surface area contributed by atoms with E-state index >= 15 is 0 Å². The summed E-state index contributed by atoms with van der Waals surface area (Å²) < 4.78 is 24.4. The summed E-state index contributed by atoms with van der Waals surface area (Å²) in [5.74, 6) is 0.756. The molecule has 0 atom stereocenters. The molecule has 0 saturated heterocycles. The van der Waals surface area contributed by atoms with Gasteiger partial charge in [0, 0.05) is 6.07 Å². The van der Waals surface area contributed by atoms with Gasteiger partial charge < -0.3 is 15.2 Å². The molecule has 20 heavy (non-hydrogen) atoms. The normalized spacial score (nSPS) is 10.3. The number of hydrogen-bond donors (Lipinski definition) is 1. The Morgan fingerprint density at radius 1 is 1.20 bits per heavy atom. The maximum Gasteiger partial charge on any atom is 0.154 e. The minimum absolute atomic E-state index is 0.0466. The van der Waals surface area contributed by atoms with Gasteiger partial charge in [-0.1, -0.05) is 24.6 Å². The van der Waals surface area contributed by atoms with E-state index in [4.69, 9.17) is 26.8 Å². The quantitative estimate of drug-likeness (QED) is 0.817. The van der Waals surface area contributed by atoms with E-state index in [1.807, 2.05) is 6.92 Å². The summed E-state index contributed by atoms with van der Waals surface area (Å²) in [4.78, 5) is 0. The summed E-state index contributed by atoms with van der Waals surface area (Å²) in [5.41, 5.74) is 6.36. The molecular formula is C15H15ClFNO2. The zero-order chi connectivity index (χ0) is 14.5. The molecule has 0 bridgehead atoms. The van der Waals surface area contributed by atoms with Crippen LogP contribution in [0.2, 0.25) is 5.02 Å². The SMILES string of the molecule is CCCOc1cccc(Oc2ccc(Cl)c(F)c2)c1N. The van der Waals surface area contributed by atoms with Gasteiger partial charge in [0.2, 0.25) is 0 Å². The summed E-state index contributed by atoms with van der Waals surface area (Å²) in [6, 6.07) is 9.44. The van der Waals surface area contributed by atoms with Crippen LogP contribution >= 0.6 is 11.6 Å². The van der Waals surface area contributed by atoms with Gasteiger partial charge in [-0.3, -0.25) is 0 Å². The van der Waals surface area contributed by atoms with Crippen LogP contribution in [-0.4, -0.2) is 6.61 Å². The van der Waals surface area contributed by atoms with Gasteiger partial charge in [0.1, 0.15) is 23.0 Å². The second-order valence-corrected chi connectivity index (χ2v) is 4.60. The largest absolute Gasteiger partial charge is 0.491 e. The zero-order valence-electron chi connectivity index (χ0n) is 11.0. The lowest BCUT2D eigenvalue weighted by Gasteiger charge is -2.13.